The molecule has 2 amide bonds. The summed E-state index contributed by atoms with van der Waals surface area (Å²) in [5.41, 5.74) is 1.33. The fraction of sp³-hybridized carbons (Fsp3) is 0.782. The first-order valence-electron chi connectivity index (χ1n) is 26.7. The smallest absolute Gasteiger partial charge is 0.327 e. The molecule has 0 spiro atoms. The molecule has 4 heterocycles. The molecule has 7 fully saturated rings. The highest BCUT2D eigenvalue weighted by atomic mass is 16.8. The van der Waals surface area contributed by atoms with Crippen LogP contribution in [0.2, 0.25) is 0 Å². The van der Waals surface area contributed by atoms with E-state index in [0.717, 1.165) is 81.8 Å². The third-order valence-electron chi connectivity index (χ3n) is 16.8. The second-order valence-electron chi connectivity index (χ2n) is 23.8. The van der Waals surface area contributed by atoms with Gasteiger partial charge in [0.25, 0.3) is 0 Å². The number of hydrogen-bond acceptors (Lipinski definition) is 13. The molecule has 390 valence electrons. The van der Waals surface area contributed by atoms with E-state index in [1.54, 1.807) is 25.8 Å². The number of nitrogens with one attached hydrogen (secondary N) is 2. The molecule has 13 atom stereocenters. The van der Waals surface area contributed by atoms with E-state index >= 15 is 4.79 Å². The molecule has 4 aliphatic heterocycles. The molecule has 70 heavy (non-hydrogen) atoms. The van der Waals surface area contributed by atoms with Gasteiger partial charge in [-0.1, -0.05) is 89.3 Å². The Bertz CT molecular complexity index is 2090. The Morgan fingerprint density at radius 2 is 1.69 bits per heavy atom. The Balaban J connectivity index is 1.08. The van der Waals surface area contributed by atoms with Gasteiger partial charge in [-0.05, 0) is 114 Å². The van der Waals surface area contributed by atoms with E-state index in [0.29, 0.717) is 30.8 Å². The third kappa shape index (κ3) is 10.9. The number of carbonyl (C=O) groups excluding carboxylic acids is 4. The van der Waals surface area contributed by atoms with E-state index in [1.807, 2.05) is 12.1 Å². The van der Waals surface area contributed by atoms with Gasteiger partial charge in [0.05, 0.1) is 37.0 Å². The summed E-state index contributed by atoms with van der Waals surface area (Å²) >= 11 is 0. The highest BCUT2D eigenvalue weighted by Gasteiger charge is 2.76. The molecule has 4 N–H and O–H groups in total. The molecule has 15 nitrogen and oxygen atoms in total. The van der Waals surface area contributed by atoms with E-state index in [9.17, 15) is 24.6 Å². The SMILES string of the molecule is CCCCCC1(CCCCC)OC2C3CC4(C(=O)NC(C(=O)NC(CO)CCC(=O)OC(C)(C)C)C(C)O)C(ON(Cc5cccc(C=C6CCC7OC7(C)CCC7C6CC7(C)C)c5)C4C(=O)O3)C2O1. The number of ether oxygens (including phenoxy) is 5. The Labute approximate surface area is 415 Å². The van der Waals surface area contributed by atoms with Crippen molar-refractivity contribution < 1.29 is 57.9 Å². The summed E-state index contributed by atoms with van der Waals surface area (Å²) in [7, 11) is 0. The molecule has 1 aromatic rings. The van der Waals surface area contributed by atoms with Gasteiger partial charge >= 0.3 is 11.9 Å². The number of epoxide rings is 1. The first-order valence-corrected chi connectivity index (χ1v) is 26.7. The summed E-state index contributed by atoms with van der Waals surface area (Å²) in [5, 5.41) is 28.5. The fourth-order valence-corrected chi connectivity index (χ4v) is 12.9. The van der Waals surface area contributed by atoms with E-state index in [-0.39, 0.29) is 36.8 Å². The van der Waals surface area contributed by atoms with Gasteiger partial charge in [-0.25, -0.2) is 0 Å². The number of rotatable bonds is 20. The van der Waals surface area contributed by atoms with Crippen molar-refractivity contribution in [3.63, 3.8) is 0 Å². The summed E-state index contributed by atoms with van der Waals surface area (Å²) in [5.74, 6) is -2.40. The number of benzene rings is 1. The van der Waals surface area contributed by atoms with Crippen LogP contribution >= 0.6 is 0 Å². The number of aliphatic hydroxyl groups is 2. The van der Waals surface area contributed by atoms with Gasteiger partial charge < -0.3 is 44.5 Å². The van der Waals surface area contributed by atoms with Crippen molar-refractivity contribution in [3.05, 3.63) is 41.0 Å². The maximum Gasteiger partial charge on any atom is 0.327 e. The first kappa shape index (κ1) is 52.9. The number of nitrogens with zero attached hydrogens (tertiary/aromatic N) is 1. The predicted molar refractivity (Wildman–Crippen MR) is 261 cm³/mol. The summed E-state index contributed by atoms with van der Waals surface area (Å²) in [4.78, 5) is 63.5. The lowest BCUT2D eigenvalue weighted by atomic mass is 9.52. The molecular weight excluding hydrogens is 895 g/mol. The summed E-state index contributed by atoms with van der Waals surface area (Å²) in [6, 6.07) is 4.66. The van der Waals surface area contributed by atoms with Gasteiger partial charge in [0.1, 0.15) is 41.5 Å². The summed E-state index contributed by atoms with van der Waals surface area (Å²) < 4.78 is 32.0. The number of aliphatic hydroxyl groups excluding tert-OH is 2. The van der Waals surface area contributed by atoms with Crippen molar-refractivity contribution in [1.82, 2.24) is 15.7 Å². The maximum absolute atomic E-state index is 15.4. The van der Waals surface area contributed by atoms with Crippen molar-refractivity contribution in [2.75, 3.05) is 6.61 Å². The van der Waals surface area contributed by atoms with Crippen LogP contribution in [0.5, 0.6) is 0 Å². The van der Waals surface area contributed by atoms with Crippen LogP contribution in [-0.4, -0.2) is 117 Å². The molecule has 13 unspecified atom stereocenters. The van der Waals surface area contributed by atoms with Gasteiger partial charge in [-0.3, -0.25) is 24.0 Å². The zero-order chi connectivity index (χ0) is 50.4. The van der Waals surface area contributed by atoms with E-state index in [2.05, 4.69) is 63.5 Å². The van der Waals surface area contributed by atoms with Crippen LogP contribution in [0.1, 0.15) is 176 Å². The Morgan fingerprint density at radius 3 is 2.34 bits per heavy atom. The Morgan fingerprint density at radius 1 is 0.971 bits per heavy atom. The van der Waals surface area contributed by atoms with Crippen LogP contribution in [0.3, 0.4) is 0 Å². The number of fused-ring (bicyclic) bond motifs is 6. The second kappa shape index (κ2) is 20.8. The van der Waals surface area contributed by atoms with Gasteiger partial charge in [0.2, 0.25) is 11.8 Å². The van der Waals surface area contributed by atoms with Crippen molar-refractivity contribution in [2.24, 2.45) is 22.7 Å². The summed E-state index contributed by atoms with van der Waals surface area (Å²) in [6.45, 7) is 17.6. The van der Waals surface area contributed by atoms with Gasteiger partial charge in [-0.2, -0.15) is 5.06 Å². The molecule has 0 aromatic heterocycles. The number of allylic oxidation sites excluding steroid dienone is 1. The molecule has 3 aliphatic carbocycles. The van der Waals surface area contributed by atoms with Crippen molar-refractivity contribution in [2.45, 2.75) is 243 Å². The molecule has 0 radical (unpaired) electrons. The van der Waals surface area contributed by atoms with Crippen LogP contribution < -0.4 is 10.6 Å². The van der Waals surface area contributed by atoms with E-state index in [4.69, 9.17) is 28.5 Å². The van der Waals surface area contributed by atoms with Gasteiger partial charge in [-0.15, -0.1) is 0 Å². The first-order chi connectivity index (χ1) is 33.1. The van der Waals surface area contributed by atoms with Crippen LogP contribution in [0.25, 0.3) is 6.08 Å². The summed E-state index contributed by atoms with van der Waals surface area (Å²) in [6.07, 6.45) is 10.3. The number of unbranched alkanes of at least 4 members (excludes halogenated alkanes) is 4. The highest BCUT2D eigenvalue weighted by Crippen LogP contribution is 2.61. The lowest BCUT2D eigenvalue weighted by Gasteiger charge is -2.53. The lowest BCUT2D eigenvalue weighted by molar-refractivity contribution is -0.224. The standard InChI is InChI=1S/C55H83N3O12/c1-10-12-14-24-54(25-15-13-11-2)68-44-40-30-55(50(64)57-43(33(3)60)48(62)56-37(32-59)20-22-42(61)67-51(4,5)6)46(49(63)65-40)58(70-47(55)45(44)69-54)31-35-18-16-17-34(27-35)28-36-19-21-41-53(9,66-41)26-23-39-38(36)29-52(39,7)8/h16-18,27-28,33,37-41,43-47,59-60H,10-15,19-26,29-32H2,1-9H3,(H,56,62)(H,57,64). The fourth-order valence-electron chi connectivity index (χ4n) is 12.9. The molecule has 15 heteroatoms. The third-order valence-corrected chi connectivity index (χ3v) is 16.8. The minimum Gasteiger partial charge on any atom is -0.460 e. The maximum atomic E-state index is 15.4. The normalized spacial score (nSPS) is 34.5. The number of esters is 2. The number of hydrogen-bond donors (Lipinski definition) is 4. The number of amides is 2. The topological polar surface area (TPSA) is 195 Å². The van der Waals surface area contributed by atoms with Crippen molar-refractivity contribution in [3.8, 4) is 0 Å². The van der Waals surface area contributed by atoms with Gasteiger partial charge in [0.15, 0.2) is 11.8 Å². The minimum atomic E-state index is -1.61. The average molecular weight is 978 g/mol. The largest absolute Gasteiger partial charge is 0.460 e. The Hall–Kier alpha value is -3.44. The average Bonchev–Trinajstić information content (AvgIpc) is 3.56. The van der Waals surface area contributed by atoms with E-state index in [1.165, 1.54) is 12.5 Å². The van der Waals surface area contributed by atoms with Crippen LogP contribution in [0.15, 0.2) is 29.8 Å². The lowest BCUT2D eigenvalue weighted by Crippen LogP contribution is -2.71. The number of hydroxylamine groups is 2. The minimum absolute atomic E-state index is 0.00850. The molecule has 4 saturated heterocycles. The number of carbonyl (C=O) groups is 4. The molecule has 7 aliphatic rings. The molecule has 2 bridgehead atoms. The monoisotopic (exact) mass is 978 g/mol. The van der Waals surface area contributed by atoms with Crippen LogP contribution in [0, 0.1) is 22.7 Å². The highest BCUT2D eigenvalue weighted by molar-refractivity contribution is 5.96. The predicted octanol–water partition coefficient (Wildman–Crippen LogP) is 7.37. The molecule has 3 saturated carbocycles. The van der Waals surface area contributed by atoms with Crippen LogP contribution in [0.4, 0.5) is 0 Å². The molecular formula is C55H83N3O12. The van der Waals surface area contributed by atoms with Crippen molar-refractivity contribution in [1.29, 1.82) is 0 Å². The zero-order valence-electron chi connectivity index (χ0n) is 43.4. The molecule has 8 rings (SSSR count). The zero-order valence-corrected chi connectivity index (χ0v) is 43.4. The van der Waals surface area contributed by atoms with Crippen LogP contribution in [-0.2, 0) is 54.2 Å². The second-order valence-corrected chi connectivity index (χ2v) is 23.8. The molecule has 1 aromatic carbocycles. The van der Waals surface area contributed by atoms with Crippen molar-refractivity contribution >= 4 is 29.8 Å². The van der Waals surface area contributed by atoms with E-state index < -0.39 is 95.8 Å². The Kier molecular flexibility index (Phi) is 15.7. The quantitative estimate of drug-likeness (QED) is 0.0576. The van der Waals surface area contributed by atoms with Gasteiger partial charge in [0, 0.05) is 25.7 Å².